The summed E-state index contributed by atoms with van der Waals surface area (Å²) in [5.74, 6) is 1.40. The van der Waals surface area contributed by atoms with Crippen LogP contribution >= 0.6 is 0 Å². The first-order chi connectivity index (χ1) is 15.5. The molecule has 0 bridgehead atoms. The van der Waals surface area contributed by atoms with E-state index in [1.165, 1.54) is 6.07 Å². The lowest BCUT2D eigenvalue weighted by Crippen LogP contribution is -2.21. The highest BCUT2D eigenvalue weighted by Gasteiger charge is 2.38. The van der Waals surface area contributed by atoms with Gasteiger partial charge in [-0.15, -0.1) is 0 Å². The van der Waals surface area contributed by atoms with Crippen molar-refractivity contribution in [2.24, 2.45) is 17.8 Å². The number of hydrogen-bond donors (Lipinski definition) is 1. The van der Waals surface area contributed by atoms with Crippen LogP contribution in [0.15, 0.2) is 42.5 Å². The first-order valence-corrected chi connectivity index (χ1v) is 11.7. The third-order valence-electron chi connectivity index (χ3n) is 7.28. The van der Waals surface area contributed by atoms with Gasteiger partial charge in [-0.1, -0.05) is 19.1 Å². The van der Waals surface area contributed by atoms with Crippen LogP contribution in [-0.2, 0) is 4.79 Å². The summed E-state index contributed by atoms with van der Waals surface area (Å²) in [7, 11) is 1.61. The Labute approximate surface area is 189 Å². The largest absolute Gasteiger partial charge is 0.497 e. The van der Waals surface area contributed by atoms with Gasteiger partial charge in [0.2, 0.25) is 0 Å². The molecule has 0 aromatic heterocycles. The third-order valence-corrected chi connectivity index (χ3v) is 7.28. The lowest BCUT2D eigenvalue weighted by atomic mass is 9.79. The number of carbonyl (C=O) groups is 1. The van der Waals surface area contributed by atoms with Crippen molar-refractivity contribution < 1.29 is 23.8 Å². The fraction of sp³-hybridized carbons (Fsp3) is 0.519. The van der Waals surface area contributed by atoms with E-state index < -0.39 is 11.9 Å². The van der Waals surface area contributed by atoms with Crippen LogP contribution in [0.5, 0.6) is 11.5 Å². The van der Waals surface area contributed by atoms with E-state index in [0.717, 1.165) is 55.4 Å². The fourth-order valence-corrected chi connectivity index (χ4v) is 5.21. The van der Waals surface area contributed by atoms with Gasteiger partial charge in [-0.2, -0.15) is 0 Å². The summed E-state index contributed by atoms with van der Waals surface area (Å²) in [6, 6.07) is 13.0. The molecule has 1 unspecified atom stereocenters. The molecule has 5 heteroatoms. The summed E-state index contributed by atoms with van der Waals surface area (Å²) in [4.78, 5) is 11.6. The van der Waals surface area contributed by atoms with E-state index in [1.54, 1.807) is 13.2 Å². The van der Waals surface area contributed by atoms with Gasteiger partial charge < -0.3 is 14.6 Å². The molecule has 0 saturated heterocycles. The molecular formula is C27H33FO4. The number of rotatable bonds is 9. The van der Waals surface area contributed by atoms with Crippen molar-refractivity contribution in [3.63, 3.8) is 0 Å². The highest BCUT2D eigenvalue weighted by Crippen LogP contribution is 2.47. The number of carboxylic acids is 1. The average molecular weight is 441 g/mol. The van der Waals surface area contributed by atoms with Crippen molar-refractivity contribution in [2.45, 2.75) is 57.3 Å². The Kier molecular flexibility index (Phi) is 7.02. The quantitative estimate of drug-likeness (QED) is 0.490. The minimum Gasteiger partial charge on any atom is -0.497 e. The molecule has 0 aliphatic heterocycles. The predicted molar refractivity (Wildman–Crippen MR) is 122 cm³/mol. The number of halogens is 1. The first-order valence-electron chi connectivity index (χ1n) is 11.7. The van der Waals surface area contributed by atoms with Crippen molar-refractivity contribution in [2.75, 3.05) is 13.7 Å². The van der Waals surface area contributed by atoms with Crippen LogP contribution in [0.25, 0.3) is 0 Å². The second-order valence-electron chi connectivity index (χ2n) is 9.48. The summed E-state index contributed by atoms with van der Waals surface area (Å²) in [5.41, 5.74) is 1.83. The standard InChI is InChI=1S/C27H33FO4/c1-17(27(29)30)26(20-10-11-20)21-4-3-5-23(14-21)32-16-18-6-8-19(9-7-18)24-15-22(31-2)12-13-25(24)28/h3-5,12-15,17-20,26H,6-11,16H2,1-2H3,(H,29,30)/t17-,18-,19+,26?/m0/s1. The Morgan fingerprint density at radius 2 is 1.81 bits per heavy atom. The van der Waals surface area contributed by atoms with E-state index in [4.69, 9.17) is 9.47 Å². The molecule has 1 N–H and O–H groups in total. The zero-order chi connectivity index (χ0) is 22.7. The minimum absolute atomic E-state index is 0.0456. The van der Waals surface area contributed by atoms with Crippen molar-refractivity contribution >= 4 is 5.97 Å². The second-order valence-corrected chi connectivity index (χ2v) is 9.48. The number of aliphatic carboxylic acids is 1. The van der Waals surface area contributed by atoms with Gasteiger partial charge in [-0.25, -0.2) is 4.39 Å². The van der Waals surface area contributed by atoms with Gasteiger partial charge >= 0.3 is 5.97 Å². The zero-order valence-electron chi connectivity index (χ0n) is 18.9. The minimum atomic E-state index is -0.738. The van der Waals surface area contributed by atoms with E-state index in [9.17, 15) is 14.3 Å². The Hall–Kier alpha value is -2.56. The molecular weight excluding hydrogens is 407 g/mol. The summed E-state index contributed by atoms with van der Waals surface area (Å²) in [5, 5.41) is 9.52. The highest BCUT2D eigenvalue weighted by molar-refractivity contribution is 5.71. The molecule has 2 saturated carbocycles. The SMILES string of the molecule is COc1ccc(F)c([C@H]2CC[C@@H](COc3cccc(C(C4CC4)[C@H](C)C(=O)O)c3)CC2)c1. The van der Waals surface area contributed by atoms with E-state index in [0.29, 0.717) is 24.2 Å². The molecule has 4 nitrogen and oxygen atoms in total. The summed E-state index contributed by atoms with van der Waals surface area (Å²) in [6.07, 6.45) is 6.09. The van der Waals surface area contributed by atoms with Crippen LogP contribution in [0.1, 0.15) is 68.4 Å². The van der Waals surface area contributed by atoms with Gasteiger partial charge in [0.05, 0.1) is 19.6 Å². The highest BCUT2D eigenvalue weighted by atomic mass is 19.1. The Morgan fingerprint density at radius 1 is 1.06 bits per heavy atom. The molecule has 2 fully saturated rings. The maximum Gasteiger partial charge on any atom is 0.306 e. The van der Waals surface area contributed by atoms with Crippen LogP contribution < -0.4 is 9.47 Å². The maximum atomic E-state index is 14.3. The number of hydrogen-bond acceptors (Lipinski definition) is 3. The van der Waals surface area contributed by atoms with Crippen LogP contribution in [0.2, 0.25) is 0 Å². The van der Waals surface area contributed by atoms with Gasteiger partial charge in [0.25, 0.3) is 0 Å². The molecule has 0 amide bonds. The van der Waals surface area contributed by atoms with Crippen LogP contribution in [0.4, 0.5) is 4.39 Å². The van der Waals surface area contributed by atoms with E-state index >= 15 is 0 Å². The van der Waals surface area contributed by atoms with Crippen molar-refractivity contribution in [3.05, 3.63) is 59.4 Å². The van der Waals surface area contributed by atoms with Gasteiger partial charge in [-0.3, -0.25) is 4.79 Å². The fourth-order valence-electron chi connectivity index (χ4n) is 5.21. The molecule has 2 aliphatic carbocycles. The van der Waals surface area contributed by atoms with E-state index in [1.807, 2.05) is 37.3 Å². The maximum absolute atomic E-state index is 14.3. The molecule has 0 heterocycles. The Bertz CT molecular complexity index is 931. The molecule has 2 aromatic rings. The van der Waals surface area contributed by atoms with Gasteiger partial charge in [0.1, 0.15) is 17.3 Å². The van der Waals surface area contributed by atoms with Crippen molar-refractivity contribution in [3.8, 4) is 11.5 Å². The number of ether oxygens (including phenoxy) is 2. The second kappa shape index (κ2) is 9.93. The average Bonchev–Trinajstić information content (AvgIpc) is 3.64. The number of carboxylic acid groups (broad SMARTS) is 1. The summed E-state index contributed by atoms with van der Waals surface area (Å²) < 4.78 is 25.7. The topological polar surface area (TPSA) is 55.8 Å². The summed E-state index contributed by atoms with van der Waals surface area (Å²) in [6.45, 7) is 2.45. The molecule has 2 atom stereocenters. The Balaban J connectivity index is 1.33. The van der Waals surface area contributed by atoms with Crippen LogP contribution in [0.3, 0.4) is 0 Å². The number of benzene rings is 2. The van der Waals surface area contributed by atoms with Crippen LogP contribution in [-0.4, -0.2) is 24.8 Å². The first kappa shape index (κ1) is 22.6. The van der Waals surface area contributed by atoms with Gasteiger partial charge in [0.15, 0.2) is 0 Å². The molecule has 0 spiro atoms. The third kappa shape index (κ3) is 5.25. The van der Waals surface area contributed by atoms with Crippen molar-refractivity contribution in [1.82, 2.24) is 0 Å². The number of methoxy groups -OCH3 is 1. The van der Waals surface area contributed by atoms with Gasteiger partial charge in [-0.05, 0) is 104 Å². The smallest absolute Gasteiger partial charge is 0.306 e. The van der Waals surface area contributed by atoms with E-state index in [2.05, 4.69) is 0 Å². The van der Waals surface area contributed by atoms with Crippen LogP contribution in [0, 0.1) is 23.6 Å². The molecule has 172 valence electrons. The summed E-state index contributed by atoms with van der Waals surface area (Å²) >= 11 is 0. The molecule has 2 aromatic carbocycles. The predicted octanol–water partition coefficient (Wildman–Crippen LogP) is 6.40. The molecule has 32 heavy (non-hydrogen) atoms. The molecule has 0 radical (unpaired) electrons. The Morgan fingerprint density at radius 3 is 2.47 bits per heavy atom. The van der Waals surface area contributed by atoms with E-state index in [-0.39, 0.29) is 17.7 Å². The van der Waals surface area contributed by atoms with Gasteiger partial charge in [0, 0.05) is 0 Å². The zero-order valence-corrected chi connectivity index (χ0v) is 18.9. The monoisotopic (exact) mass is 440 g/mol. The van der Waals surface area contributed by atoms with Crippen molar-refractivity contribution in [1.29, 1.82) is 0 Å². The normalized spacial score (nSPS) is 22.7. The lowest BCUT2D eigenvalue weighted by Gasteiger charge is -2.29. The molecule has 2 aliphatic rings. The molecule has 4 rings (SSSR count). The lowest BCUT2D eigenvalue weighted by molar-refractivity contribution is -0.142.